The molecule has 0 aliphatic carbocycles. The van der Waals surface area contributed by atoms with Crippen molar-refractivity contribution in [1.29, 1.82) is 0 Å². The van der Waals surface area contributed by atoms with E-state index in [9.17, 15) is 4.79 Å². The van der Waals surface area contributed by atoms with Crippen molar-refractivity contribution in [2.45, 2.75) is 6.54 Å². The zero-order valence-corrected chi connectivity index (χ0v) is 9.91. The van der Waals surface area contributed by atoms with Gasteiger partial charge < -0.3 is 10.2 Å². The molecule has 2 rings (SSSR count). The molecule has 0 bridgehead atoms. The number of nitrogens with one attached hydrogen (secondary N) is 1. The van der Waals surface area contributed by atoms with Crippen LogP contribution in [0, 0.1) is 0 Å². The molecule has 0 radical (unpaired) electrons. The Morgan fingerprint density at radius 3 is 2.72 bits per heavy atom. The van der Waals surface area contributed by atoms with Crippen LogP contribution < -0.4 is 5.56 Å². The monoisotopic (exact) mass is 252 g/mol. The van der Waals surface area contributed by atoms with E-state index >= 15 is 0 Å². The second kappa shape index (κ2) is 5.76. The lowest BCUT2D eigenvalue weighted by molar-refractivity contribution is 0.154. The number of aliphatic hydroxyl groups excluding tert-OH is 2. The number of nitrogens with zero attached hydrogens (tertiary/aromatic N) is 3. The minimum Gasteiger partial charge on any atom is -0.395 e. The zero-order valence-electron chi connectivity index (χ0n) is 9.91. The van der Waals surface area contributed by atoms with E-state index in [2.05, 4.69) is 10.1 Å². The van der Waals surface area contributed by atoms with Crippen LogP contribution >= 0.6 is 0 Å². The van der Waals surface area contributed by atoms with Gasteiger partial charge in [0, 0.05) is 38.0 Å². The Bertz CT molecular complexity index is 557. The minimum atomic E-state index is -0.173. The zero-order chi connectivity index (χ0) is 13.0. The highest BCUT2D eigenvalue weighted by molar-refractivity contribution is 5.36. The Balaban J connectivity index is 2.21. The number of rotatable bonds is 6. The van der Waals surface area contributed by atoms with Gasteiger partial charge in [-0.3, -0.25) is 14.8 Å². The summed E-state index contributed by atoms with van der Waals surface area (Å²) in [5, 5.41) is 20.6. The predicted octanol–water partition coefficient (Wildman–Crippen LogP) is -1.19. The van der Waals surface area contributed by atoms with E-state index in [1.54, 1.807) is 12.3 Å². The fourth-order valence-corrected chi connectivity index (χ4v) is 1.84. The first-order chi connectivity index (χ1) is 8.74. The molecule has 98 valence electrons. The van der Waals surface area contributed by atoms with Gasteiger partial charge in [0.25, 0.3) is 5.56 Å². The average Bonchev–Trinajstić information content (AvgIpc) is 2.78. The molecular weight excluding hydrogens is 236 g/mol. The van der Waals surface area contributed by atoms with Gasteiger partial charge in [-0.05, 0) is 0 Å². The molecule has 0 fully saturated rings. The summed E-state index contributed by atoms with van der Waals surface area (Å²) in [6.45, 7) is 1.32. The maximum absolute atomic E-state index is 11.7. The number of hydrogen-bond acceptors (Lipinski definition) is 5. The summed E-state index contributed by atoms with van der Waals surface area (Å²) in [5.74, 6) is 0. The quantitative estimate of drug-likeness (QED) is 0.601. The number of aromatic amines is 1. The molecular formula is C11H16N4O3. The van der Waals surface area contributed by atoms with Crippen LogP contribution in [-0.4, -0.2) is 56.0 Å². The van der Waals surface area contributed by atoms with Crippen molar-refractivity contribution in [3.8, 4) is 0 Å². The van der Waals surface area contributed by atoms with Crippen LogP contribution in [0.3, 0.4) is 0 Å². The Hall–Kier alpha value is -1.70. The summed E-state index contributed by atoms with van der Waals surface area (Å²) < 4.78 is 1.35. The highest BCUT2D eigenvalue weighted by Gasteiger charge is 2.08. The molecule has 7 nitrogen and oxygen atoms in total. The largest absolute Gasteiger partial charge is 0.395 e. The van der Waals surface area contributed by atoms with Crippen LogP contribution in [0.15, 0.2) is 23.1 Å². The maximum atomic E-state index is 11.7. The van der Waals surface area contributed by atoms with Crippen LogP contribution in [0.4, 0.5) is 0 Å². The van der Waals surface area contributed by atoms with E-state index in [4.69, 9.17) is 10.2 Å². The molecule has 2 heterocycles. The SMILES string of the molecule is O=c1cc(CN(CCO)CCO)nc2cc[nH]n12. The van der Waals surface area contributed by atoms with Crippen LogP contribution in [0.25, 0.3) is 5.65 Å². The Labute approximate surface area is 103 Å². The summed E-state index contributed by atoms with van der Waals surface area (Å²) in [5.41, 5.74) is 1.01. The van der Waals surface area contributed by atoms with Crippen LogP contribution in [0.1, 0.15) is 5.69 Å². The van der Waals surface area contributed by atoms with Gasteiger partial charge in [0.2, 0.25) is 0 Å². The third kappa shape index (κ3) is 2.76. The molecule has 0 saturated heterocycles. The lowest BCUT2D eigenvalue weighted by Crippen LogP contribution is -2.30. The fraction of sp³-hybridized carbons (Fsp3) is 0.455. The summed E-state index contributed by atoms with van der Waals surface area (Å²) in [7, 11) is 0. The molecule has 0 atom stereocenters. The number of aromatic nitrogens is 3. The molecule has 0 aliphatic heterocycles. The van der Waals surface area contributed by atoms with Crippen molar-refractivity contribution >= 4 is 5.65 Å². The smallest absolute Gasteiger partial charge is 0.272 e. The first kappa shape index (κ1) is 12.7. The molecule has 3 N–H and O–H groups in total. The second-order valence-electron chi connectivity index (χ2n) is 3.97. The molecule has 7 heteroatoms. The molecule has 0 amide bonds. The highest BCUT2D eigenvalue weighted by atomic mass is 16.3. The van der Waals surface area contributed by atoms with Crippen molar-refractivity contribution in [3.05, 3.63) is 34.4 Å². The van der Waals surface area contributed by atoms with Gasteiger partial charge in [-0.15, -0.1) is 0 Å². The van der Waals surface area contributed by atoms with Crippen molar-refractivity contribution < 1.29 is 10.2 Å². The molecule has 0 saturated carbocycles. The molecule has 18 heavy (non-hydrogen) atoms. The molecule has 0 aliphatic rings. The molecule has 2 aromatic heterocycles. The lowest BCUT2D eigenvalue weighted by Gasteiger charge is -2.19. The van der Waals surface area contributed by atoms with Gasteiger partial charge in [0.05, 0.1) is 18.9 Å². The van der Waals surface area contributed by atoms with Gasteiger partial charge in [0.1, 0.15) is 0 Å². The number of H-pyrrole nitrogens is 1. The average molecular weight is 252 g/mol. The third-order valence-electron chi connectivity index (χ3n) is 2.65. The summed E-state index contributed by atoms with van der Waals surface area (Å²) in [6, 6.07) is 3.17. The minimum absolute atomic E-state index is 0.00534. The van der Waals surface area contributed by atoms with E-state index < -0.39 is 0 Å². The summed E-state index contributed by atoms with van der Waals surface area (Å²) in [6.07, 6.45) is 1.65. The molecule has 0 spiro atoms. The summed E-state index contributed by atoms with van der Waals surface area (Å²) >= 11 is 0. The van der Waals surface area contributed by atoms with Gasteiger partial charge >= 0.3 is 0 Å². The van der Waals surface area contributed by atoms with Crippen molar-refractivity contribution in [2.75, 3.05) is 26.3 Å². The van der Waals surface area contributed by atoms with Crippen LogP contribution in [-0.2, 0) is 6.54 Å². The van der Waals surface area contributed by atoms with E-state index in [0.717, 1.165) is 0 Å². The maximum Gasteiger partial charge on any atom is 0.272 e. The van der Waals surface area contributed by atoms with E-state index in [1.807, 2.05) is 4.90 Å². The number of hydrogen-bond donors (Lipinski definition) is 3. The standard InChI is InChI=1S/C11H16N4O3/c16-5-3-14(4-6-17)8-9-7-11(18)15-10(13-9)1-2-12-15/h1-2,7,12,16-17H,3-6,8H2. The van der Waals surface area contributed by atoms with E-state index in [1.165, 1.54) is 10.6 Å². The second-order valence-corrected chi connectivity index (χ2v) is 3.97. The Morgan fingerprint density at radius 1 is 1.33 bits per heavy atom. The van der Waals surface area contributed by atoms with E-state index in [-0.39, 0.29) is 18.8 Å². The Morgan fingerprint density at radius 2 is 2.06 bits per heavy atom. The molecule has 0 unspecified atom stereocenters. The fourth-order valence-electron chi connectivity index (χ4n) is 1.84. The van der Waals surface area contributed by atoms with Gasteiger partial charge in [0.15, 0.2) is 5.65 Å². The Kier molecular flexibility index (Phi) is 4.08. The predicted molar refractivity (Wildman–Crippen MR) is 65.3 cm³/mol. The molecule has 2 aromatic rings. The van der Waals surface area contributed by atoms with Gasteiger partial charge in [-0.1, -0.05) is 0 Å². The van der Waals surface area contributed by atoms with Crippen LogP contribution in [0.2, 0.25) is 0 Å². The first-order valence-electron chi connectivity index (χ1n) is 5.74. The highest BCUT2D eigenvalue weighted by Crippen LogP contribution is 2.01. The van der Waals surface area contributed by atoms with Gasteiger partial charge in [-0.25, -0.2) is 9.50 Å². The third-order valence-corrected chi connectivity index (χ3v) is 2.65. The topological polar surface area (TPSA) is 93.9 Å². The summed E-state index contributed by atoms with van der Waals surface area (Å²) in [4.78, 5) is 17.9. The van der Waals surface area contributed by atoms with Crippen molar-refractivity contribution in [1.82, 2.24) is 19.5 Å². The van der Waals surface area contributed by atoms with Crippen LogP contribution in [0.5, 0.6) is 0 Å². The normalized spacial score (nSPS) is 11.5. The molecule has 0 aromatic carbocycles. The lowest BCUT2D eigenvalue weighted by atomic mass is 10.3. The number of aliphatic hydroxyl groups is 2. The van der Waals surface area contributed by atoms with E-state index in [0.29, 0.717) is 31.0 Å². The van der Waals surface area contributed by atoms with Gasteiger partial charge in [-0.2, -0.15) is 0 Å². The number of fused-ring (bicyclic) bond motifs is 1. The van der Waals surface area contributed by atoms with Crippen molar-refractivity contribution in [2.24, 2.45) is 0 Å². The first-order valence-corrected chi connectivity index (χ1v) is 5.74. The van der Waals surface area contributed by atoms with Crippen molar-refractivity contribution in [3.63, 3.8) is 0 Å².